The van der Waals surface area contributed by atoms with Crippen LogP contribution in [0.3, 0.4) is 0 Å². The molecule has 0 bridgehead atoms. The first-order valence-corrected chi connectivity index (χ1v) is 7.27. The molecule has 110 valence electrons. The quantitative estimate of drug-likeness (QED) is 0.633. The van der Waals surface area contributed by atoms with E-state index in [1.54, 1.807) is 12.1 Å². The van der Waals surface area contributed by atoms with Gasteiger partial charge in [0.15, 0.2) is 0 Å². The van der Waals surface area contributed by atoms with Crippen LogP contribution in [0.15, 0.2) is 46.9 Å². The largest absolute Gasteiger partial charge is 0.457 e. The van der Waals surface area contributed by atoms with Crippen LogP contribution in [0.5, 0.6) is 11.5 Å². The molecule has 0 saturated carbocycles. The summed E-state index contributed by atoms with van der Waals surface area (Å²) in [6.45, 7) is 2.01. The number of hydrogen-bond acceptors (Lipinski definition) is 4. The first kappa shape index (κ1) is 15.5. The molecule has 0 aliphatic carbocycles. The number of rotatable bonds is 5. The van der Waals surface area contributed by atoms with Crippen molar-refractivity contribution < 1.29 is 9.66 Å². The minimum Gasteiger partial charge on any atom is -0.457 e. The molecule has 0 fully saturated rings. The highest BCUT2D eigenvalue weighted by atomic mass is 79.9. The van der Waals surface area contributed by atoms with Crippen LogP contribution in [0.4, 0.5) is 5.69 Å². The lowest BCUT2D eigenvalue weighted by atomic mass is 10.1. The number of ether oxygens (including phenoxy) is 1. The number of nitrogens with zero attached hydrogens (tertiary/aromatic N) is 1. The van der Waals surface area contributed by atoms with Crippen molar-refractivity contribution in [3.63, 3.8) is 0 Å². The summed E-state index contributed by atoms with van der Waals surface area (Å²) in [6, 6.07) is 11.9. The third-order valence-electron chi connectivity index (χ3n) is 3.03. The molecule has 0 heterocycles. The van der Waals surface area contributed by atoms with Crippen molar-refractivity contribution in [1.29, 1.82) is 0 Å². The molecule has 1 atom stereocenters. The summed E-state index contributed by atoms with van der Waals surface area (Å²) >= 11 is 3.24. The summed E-state index contributed by atoms with van der Waals surface area (Å²) in [5.41, 5.74) is 6.94. The lowest BCUT2D eigenvalue weighted by molar-refractivity contribution is -0.385. The number of nitro groups is 1. The molecule has 0 spiro atoms. The number of benzene rings is 2. The van der Waals surface area contributed by atoms with E-state index in [1.807, 2.05) is 25.1 Å². The van der Waals surface area contributed by atoms with Gasteiger partial charge in [-0.05, 0) is 30.2 Å². The van der Waals surface area contributed by atoms with Gasteiger partial charge in [-0.15, -0.1) is 0 Å². The summed E-state index contributed by atoms with van der Waals surface area (Å²) in [5.74, 6) is 1.00. The Bertz CT molecular complexity index is 661. The molecule has 0 saturated heterocycles. The highest BCUT2D eigenvalue weighted by molar-refractivity contribution is 9.10. The van der Waals surface area contributed by atoms with E-state index in [4.69, 9.17) is 10.5 Å². The summed E-state index contributed by atoms with van der Waals surface area (Å²) in [6.07, 6.45) is 0.825. The third-order valence-corrected chi connectivity index (χ3v) is 3.49. The predicted molar refractivity (Wildman–Crippen MR) is 84.5 cm³/mol. The Hall–Kier alpha value is -1.92. The highest BCUT2D eigenvalue weighted by Gasteiger charge is 2.11. The normalized spacial score (nSPS) is 12.0. The van der Waals surface area contributed by atoms with Gasteiger partial charge in [0.1, 0.15) is 11.5 Å². The molecule has 6 heteroatoms. The van der Waals surface area contributed by atoms with E-state index in [0.717, 1.165) is 12.0 Å². The molecule has 0 amide bonds. The summed E-state index contributed by atoms with van der Waals surface area (Å²) in [5, 5.41) is 10.9. The van der Waals surface area contributed by atoms with Crippen LogP contribution in [0.25, 0.3) is 0 Å². The molecule has 2 aromatic rings. The van der Waals surface area contributed by atoms with Gasteiger partial charge < -0.3 is 10.5 Å². The third kappa shape index (κ3) is 4.03. The first-order valence-electron chi connectivity index (χ1n) is 6.48. The van der Waals surface area contributed by atoms with Crippen LogP contribution in [-0.2, 0) is 0 Å². The zero-order valence-corrected chi connectivity index (χ0v) is 13.0. The maximum absolute atomic E-state index is 10.9. The fourth-order valence-electron chi connectivity index (χ4n) is 1.89. The van der Waals surface area contributed by atoms with Gasteiger partial charge >= 0.3 is 0 Å². The van der Waals surface area contributed by atoms with Crippen molar-refractivity contribution in [2.24, 2.45) is 5.73 Å². The number of non-ortho nitro benzene ring substituents is 1. The van der Waals surface area contributed by atoms with Crippen molar-refractivity contribution in [2.45, 2.75) is 19.4 Å². The van der Waals surface area contributed by atoms with Gasteiger partial charge in [0.2, 0.25) is 0 Å². The van der Waals surface area contributed by atoms with Gasteiger partial charge in [-0.3, -0.25) is 10.1 Å². The zero-order chi connectivity index (χ0) is 15.4. The Balaban J connectivity index is 2.28. The molecule has 1 unspecified atom stereocenters. The van der Waals surface area contributed by atoms with Crippen molar-refractivity contribution in [3.8, 4) is 11.5 Å². The van der Waals surface area contributed by atoms with Gasteiger partial charge in [-0.1, -0.05) is 35.0 Å². The fraction of sp³-hybridized carbons (Fsp3) is 0.200. The topological polar surface area (TPSA) is 78.4 Å². The van der Waals surface area contributed by atoms with Crippen molar-refractivity contribution in [1.82, 2.24) is 0 Å². The standard InChI is InChI=1S/C15H15BrN2O3/c1-2-15(17)10-4-3-5-13(6-10)21-14-8-11(16)7-12(9-14)18(19)20/h3-9,15H,2,17H2,1H3. The Labute approximate surface area is 131 Å². The zero-order valence-electron chi connectivity index (χ0n) is 11.5. The summed E-state index contributed by atoms with van der Waals surface area (Å²) < 4.78 is 6.29. The van der Waals surface area contributed by atoms with E-state index < -0.39 is 4.92 Å². The van der Waals surface area contributed by atoms with Gasteiger partial charge in [0.05, 0.1) is 11.0 Å². The molecule has 2 aromatic carbocycles. The Morgan fingerprint density at radius 1 is 1.29 bits per heavy atom. The van der Waals surface area contributed by atoms with Gasteiger partial charge in [0, 0.05) is 16.6 Å². The Morgan fingerprint density at radius 3 is 2.71 bits per heavy atom. The van der Waals surface area contributed by atoms with E-state index >= 15 is 0 Å². The average molecular weight is 351 g/mol. The van der Waals surface area contributed by atoms with Crippen LogP contribution in [0.1, 0.15) is 24.9 Å². The van der Waals surface area contributed by atoms with Gasteiger partial charge in [-0.25, -0.2) is 0 Å². The molecule has 5 nitrogen and oxygen atoms in total. The molecular formula is C15H15BrN2O3. The summed E-state index contributed by atoms with van der Waals surface area (Å²) in [7, 11) is 0. The molecule has 0 aromatic heterocycles. The fourth-order valence-corrected chi connectivity index (χ4v) is 2.35. The van der Waals surface area contributed by atoms with Crippen LogP contribution >= 0.6 is 15.9 Å². The first-order chi connectivity index (χ1) is 9.99. The Morgan fingerprint density at radius 2 is 2.05 bits per heavy atom. The van der Waals surface area contributed by atoms with Crippen molar-refractivity contribution in [3.05, 3.63) is 62.6 Å². The van der Waals surface area contributed by atoms with Crippen LogP contribution in [0, 0.1) is 10.1 Å². The minimum atomic E-state index is -0.457. The second-order valence-corrected chi connectivity index (χ2v) is 5.51. The smallest absolute Gasteiger partial charge is 0.274 e. The number of nitrogens with two attached hydrogens (primary N) is 1. The number of hydrogen-bond donors (Lipinski definition) is 1. The number of nitro benzene ring substituents is 1. The van der Waals surface area contributed by atoms with Crippen LogP contribution in [-0.4, -0.2) is 4.92 Å². The van der Waals surface area contributed by atoms with E-state index in [9.17, 15) is 10.1 Å². The van der Waals surface area contributed by atoms with Crippen LogP contribution < -0.4 is 10.5 Å². The Kier molecular flexibility index (Phi) is 4.93. The average Bonchev–Trinajstić information content (AvgIpc) is 2.46. The molecular weight excluding hydrogens is 336 g/mol. The maximum atomic E-state index is 10.9. The number of halogens is 1. The van der Waals surface area contributed by atoms with Gasteiger partial charge in [0.25, 0.3) is 5.69 Å². The van der Waals surface area contributed by atoms with E-state index in [0.29, 0.717) is 16.0 Å². The SMILES string of the molecule is CCC(N)c1cccc(Oc2cc(Br)cc([N+](=O)[O-])c2)c1. The minimum absolute atomic E-state index is 0.0270. The summed E-state index contributed by atoms with van der Waals surface area (Å²) in [4.78, 5) is 10.4. The molecule has 2 rings (SSSR count). The van der Waals surface area contributed by atoms with E-state index in [1.165, 1.54) is 12.1 Å². The lowest BCUT2D eigenvalue weighted by Gasteiger charge is -2.12. The van der Waals surface area contributed by atoms with E-state index in [2.05, 4.69) is 15.9 Å². The van der Waals surface area contributed by atoms with Crippen LogP contribution in [0.2, 0.25) is 0 Å². The lowest BCUT2D eigenvalue weighted by Crippen LogP contribution is -2.08. The molecule has 0 aliphatic heterocycles. The molecule has 2 N–H and O–H groups in total. The highest BCUT2D eigenvalue weighted by Crippen LogP contribution is 2.30. The van der Waals surface area contributed by atoms with Crippen molar-refractivity contribution in [2.75, 3.05) is 0 Å². The van der Waals surface area contributed by atoms with E-state index in [-0.39, 0.29) is 11.7 Å². The van der Waals surface area contributed by atoms with Gasteiger partial charge in [-0.2, -0.15) is 0 Å². The predicted octanol–water partition coefficient (Wildman–Crippen LogP) is 4.56. The molecule has 0 aliphatic rings. The second kappa shape index (κ2) is 6.69. The monoisotopic (exact) mass is 350 g/mol. The molecule has 21 heavy (non-hydrogen) atoms. The maximum Gasteiger partial charge on any atom is 0.274 e. The second-order valence-electron chi connectivity index (χ2n) is 4.59. The molecule has 0 radical (unpaired) electrons. The van der Waals surface area contributed by atoms with Crippen molar-refractivity contribution >= 4 is 21.6 Å².